The Bertz CT molecular complexity index is 611. The summed E-state index contributed by atoms with van der Waals surface area (Å²) in [5.74, 6) is 0. The fraction of sp³-hybridized carbons (Fsp3) is 0.312. The Morgan fingerprint density at radius 3 is 2.95 bits per heavy atom. The van der Waals surface area contributed by atoms with Gasteiger partial charge in [-0.2, -0.15) is 0 Å². The maximum absolute atomic E-state index is 4.44. The zero-order valence-corrected chi connectivity index (χ0v) is 13.8. The molecule has 2 nitrogen and oxygen atoms in total. The summed E-state index contributed by atoms with van der Waals surface area (Å²) in [7, 11) is 0. The predicted molar refractivity (Wildman–Crippen MR) is 87.1 cm³/mol. The van der Waals surface area contributed by atoms with Crippen LogP contribution in [0.2, 0.25) is 0 Å². The van der Waals surface area contributed by atoms with Crippen LogP contribution >= 0.6 is 27.7 Å². The zero-order chi connectivity index (χ0) is 13.9. The molecule has 1 heterocycles. The van der Waals surface area contributed by atoms with Gasteiger partial charge >= 0.3 is 0 Å². The fourth-order valence-electron chi connectivity index (χ4n) is 2.04. The molecule has 0 amide bonds. The average molecular weight is 349 g/mol. The minimum atomic E-state index is 0.731. The summed E-state index contributed by atoms with van der Waals surface area (Å²) in [5, 5.41) is 4.61. The minimum absolute atomic E-state index is 0.731. The van der Waals surface area contributed by atoms with Crippen LogP contribution < -0.4 is 5.32 Å². The first-order chi connectivity index (χ1) is 9.72. The van der Waals surface area contributed by atoms with Gasteiger partial charge < -0.3 is 5.32 Å². The molecule has 0 spiro atoms. The average Bonchev–Trinajstić information content (AvgIpc) is 3.25. The van der Waals surface area contributed by atoms with E-state index in [4.69, 9.17) is 0 Å². The SMILES string of the molecule is Cc1ccc(Sc2ncccc2Br)c(CNC2CC2)c1. The standard InChI is InChI=1S/C16H17BrN2S/c1-11-4-7-15(12(9-11)10-19-13-5-6-13)20-16-14(17)3-2-8-18-16/h2-4,7-9,13,19H,5-6,10H2,1H3. The van der Waals surface area contributed by atoms with Gasteiger partial charge in [0, 0.05) is 23.7 Å². The Balaban J connectivity index is 1.82. The van der Waals surface area contributed by atoms with Gasteiger partial charge in [-0.05, 0) is 59.5 Å². The van der Waals surface area contributed by atoms with Gasteiger partial charge in [0.15, 0.2) is 0 Å². The Labute approximate surface area is 132 Å². The Morgan fingerprint density at radius 1 is 1.35 bits per heavy atom. The number of aromatic nitrogens is 1. The van der Waals surface area contributed by atoms with E-state index in [2.05, 4.69) is 51.4 Å². The van der Waals surface area contributed by atoms with E-state index in [9.17, 15) is 0 Å². The number of benzene rings is 1. The molecule has 1 saturated carbocycles. The molecule has 1 N–H and O–H groups in total. The van der Waals surface area contributed by atoms with Crippen molar-refractivity contribution in [1.29, 1.82) is 0 Å². The van der Waals surface area contributed by atoms with Crippen LogP contribution in [0.3, 0.4) is 0 Å². The number of pyridine rings is 1. The second-order valence-electron chi connectivity index (χ2n) is 5.16. The molecule has 3 rings (SSSR count). The molecule has 1 aliphatic carbocycles. The van der Waals surface area contributed by atoms with Crippen molar-refractivity contribution >= 4 is 27.7 Å². The molecular formula is C16H17BrN2S. The Morgan fingerprint density at radius 2 is 2.20 bits per heavy atom. The summed E-state index contributed by atoms with van der Waals surface area (Å²) >= 11 is 5.29. The lowest BCUT2D eigenvalue weighted by molar-refractivity contribution is 0.680. The van der Waals surface area contributed by atoms with E-state index in [0.29, 0.717) is 0 Å². The van der Waals surface area contributed by atoms with Gasteiger partial charge in [-0.25, -0.2) is 4.98 Å². The van der Waals surface area contributed by atoms with Crippen molar-refractivity contribution in [3.05, 3.63) is 52.1 Å². The van der Waals surface area contributed by atoms with E-state index < -0.39 is 0 Å². The minimum Gasteiger partial charge on any atom is -0.310 e. The summed E-state index contributed by atoms with van der Waals surface area (Å²) in [4.78, 5) is 5.72. The summed E-state index contributed by atoms with van der Waals surface area (Å²) in [5.41, 5.74) is 2.67. The quantitative estimate of drug-likeness (QED) is 0.857. The van der Waals surface area contributed by atoms with Gasteiger partial charge in [0.2, 0.25) is 0 Å². The molecule has 20 heavy (non-hydrogen) atoms. The number of aryl methyl sites for hydroxylation is 1. The topological polar surface area (TPSA) is 24.9 Å². The largest absolute Gasteiger partial charge is 0.310 e. The smallest absolute Gasteiger partial charge is 0.115 e. The van der Waals surface area contributed by atoms with Crippen LogP contribution in [-0.4, -0.2) is 11.0 Å². The van der Waals surface area contributed by atoms with Gasteiger partial charge in [-0.3, -0.25) is 0 Å². The van der Waals surface area contributed by atoms with Crippen molar-refractivity contribution in [2.75, 3.05) is 0 Å². The maximum Gasteiger partial charge on any atom is 0.115 e. The Kier molecular flexibility index (Phi) is 4.44. The Hall–Kier alpha value is -0.840. The molecule has 0 unspecified atom stereocenters. The second kappa shape index (κ2) is 6.29. The predicted octanol–water partition coefficient (Wildman–Crippen LogP) is 4.56. The molecule has 0 saturated heterocycles. The van der Waals surface area contributed by atoms with Crippen molar-refractivity contribution in [3.63, 3.8) is 0 Å². The lowest BCUT2D eigenvalue weighted by Crippen LogP contribution is -2.15. The third-order valence-electron chi connectivity index (χ3n) is 3.31. The van der Waals surface area contributed by atoms with Crippen LogP contribution in [0.25, 0.3) is 0 Å². The van der Waals surface area contributed by atoms with E-state index in [0.717, 1.165) is 22.1 Å². The van der Waals surface area contributed by atoms with Crippen LogP contribution in [0.4, 0.5) is 0 Å². The molecule has 0 atom stereocenters. The molecule has 1 aromatic heterocycles. The number of rotatable bonds is 5. The third kappa shape index (κ3) is 3.62. The van der Waals surface area contributed by atoms with E-state index in [1.54, 1.807) is 11.8 Å². The lowest BCUT2D eigenvalue weighted by Gasteiger charge is -2.11. The first kappa shape index (κ1) is 14.1. The van der Waals surface area contributed by atoms with E-state index >= 15 is 0 Å². The highest BCUT2D eigenvalue weighted by atomic mass is 79.9. The zero-order valence-electron chi connectivity index (χ0n) is 11.4. The number of nitrogens with zero attached hydrogens (tertiary/aromatic N) is 1. The number of halogens is 1. The molecule has 104 valence electrons. The second-order valence-corrected chi connectivity index (χ2v) is 7.04. The van der Waals surface area contributed by atoms with Crippen LogP contribution in [0.15, 0.2) is 50.9 Å². The monoisotopic (exact) mass is 348 g/mol. The van der Waals surface area contributed by atoms with E-state index in [-0.39, 0.29) is 0 Å². The molecule has 1 aromatic carbocycles. The number of hydrogen-bond acceptors (Lipinski definition) is 3. The van der Waals surface area contributed by atoms with E-state index in [1.807, 2.05) is 18.3 Å². The lowest BCUT2D eigenvalue weighted by atomic mass is 10.1. The molecular weight excluding hydrogens is 332 g/mol. The molecule has 2 aromatic rings. The van der Waals surface area contributed by atoms with Gasteiger partial charge in [0.1, 0.15) is 5.03 Å². The van der Waals surface area contributed by atoms with Crippen molar-refractivity contribution in [3.8, 4) is 0 Å². The van der Waals surface area contributed by atoms with Crippen molar-refractivity contribution in [1.82, 2.24) is 10.3 Å². The third-order valence-corrected chi connectivity index (χ3v) is 5.35. The maximum atomic E-state index is 4.44. The van der Waals surface area contributed by atoms with Gasteiger partial charge in [0.05, 0.1) is 4.47 Å². The number of nitrogens with one attached hydrogen (secondary N) is 1. The summed E-state index contributed by atoms with van der Waals surface area (Å²) < 4.78 is 1.05. The van der Waals surface area contributed by atoms with Gasteiger partial charge in [0.25, 0.3) is 0 Å². The summed E-state index contributed by atoms with van der Waals surface area (Å²) in [6.45, 7) is 3.09. The highest BCUT2D eigenvalue weighted by Crippen LogP contribution is 2.34. The van der Waals surface area contributed by atoms with Crippen LogP contribution in [0.5, 0.6) is 0 Å². The van der Waals surface area contributed by atoms with E-state index in [1.165, 1.54) is 28.9 Å². The molecule has 1 aliphatic rings. The van der Waals surface area contributed by atoms with Crippen molar-refractivity contribution in [2.45, 2.75) is 42.3 Å². The van der Waals surface area contributed by atoms with Crippen molar-refractivity contribution in [2.24, 2.45) is 0 Å². The first-order valence-corrected chi connectivity index (χ1v) is 8.44. The van der Waals surface area contributed by atoms with Crippen molar-refractivity contribution < 1.29 is 0 Å². The normalized spacial score (nSPS) is 14.5. The van der Waals surface area contributed by atoms with Gasteiger partial charge in [-0.1, -0.05) is 29.5 Å². The number of hydrogen-bond donors (Lipinski definition) is 1. The molecule has 0 radical (unpaired) electrons. The highest BCUT2D eigenvalue weighted by Gasteiger charge is 2.20. The van der Waals surface area contributed by atoms with Crippen LogP contribution in [0, 0.1) is 6.92 Å². The summed E-state index contributed by atoms with van der Waals surface area (Å²) in [6.07, 6.45) is 4.48. The molecule has 0 aliphatic heterocycles. The van der Waals surface area contributed by atoms with Gasteiger partial charge in [-0.15, -0.1) is 0 Å². The molecule has 0 bridgehead atoms. The molecule has 1 fully saturated rings. The molecule has 4 heteroatoms. The summed E-state index contributed by atoms with van der Waals surface area (Å²) in [6, 6.07) is 11.3. The first-order valence-electron chi connectivity index (χ1n) is 6.83. The highest BCUT2D eigenvalue weighted by molar-refractivity contribution is 9.10. The van der Waals surface area contributed by atoms with Crippen LogP contribution in [-0.2, 0) is 6.54 Å². The fourth-order valence-corrected chi connectivity index (χ4v) is 3.42. The van der Waals surface area contributed by atoms with Crippen LogP contribution in [0.1, 0.15) is 24.0 Å².